The van der Waals surface area contributed by atoms with E-state index in [1.807, 2.05) is 42.5 Å². The summed E-state index contributed by atoms with van der Waals surface area (Å²) < 4.78 is 5.25. The fourth-order valence-corrected chi connectivity index (χ4v) is 2.24. The smallest absolute Gasteiger partial charge is 0.121 e. The Morgan fingerprint density at radius 2 is 1.95 bits per heavy atom. The average molecular weight is 281 g/mol. The van der Waals surface area contributed by atoms with Crippen LogP contribution in [0.1, 0.15) is 12.0 Å². The van der Waals surface area contributed by atoms with Crippen LogP contribution in [0, 0.1) is 11.3 Å². The molecule has 0 amide bonds. The number of nitrogen functional groups attached to an aromatic ring is 1. The number of nitriles is 1. The Bertz CT molecular complexity index is 620. The fraction of sp³-hybridized carbons (Fsp3) is 0.235. The molecule has 0 aliphatic rings. The van der Waals surface area contributed by atoms with Crippen molar-refractivity contribution in [2.24, 2.45) is 0 Å². The van der Waals surface area contributed by atoms with Crippen LogP contribution in [0.4, 0.5) is 11.4 Å². The second-order valence-electron chi connectivity index (χ2n) is 4.78. The van der Waals surface area contributed by atoms with E-state index in [2.05, 4.69) is 11.0 Å². The minimum absolute atomic E-state index is 0.481. The molecule has 0 heterocycles. The largest absolute Gasteiger partial charge is 0.497 e. The quantitative estimate of drug-likeness (QED) is 0.826. The van der Waals surface area contributed by atoms with Crippen LogP contribution in [0.3, 0.4) is 0 Å². The van der Waals surface area contributed by atoms with Gasteiger partial charge in [0.1, 0.15) is 5.75 Å². The van der Waals surface area contributed by atoms with E-state index in [4.69, 9.17) is 15.7 Å². The molecule has 4 nitrogen and oxygen atoms in total. The van der Waals surface area contributed by atoms with E-state index >= 15 is 0 Å². The van der Waals surface area contributed by atoms with Crippen molar-refractivity contribution >= 4 is 11.4 Å². The minimum Gasteiger partial charge on any atom is -0.497 e. The van der Waals surface area contributed by atoms with Crippen LogP contribution in [0.15, 0.2) is 48.5 Å². The maximum Gasteiger partial charge on any atom is 0.121 e. The van der Waals surface area contributed by atoms with Gasteiger partial charge in [-0.05, 0) is 29.8 Å². The van der Waals surface area contributed by atoms with E-state index in [0.717, 1.165) is 17.0 Å². The third-order valence-corrected chi connectivity index (χ3v) is 3.21. The lowest BCUT2D eigenvalue weighted by molar-refractivity contribution is 0.414. The molecule has 0 aliphatic carbocycles. The molecule has 2 rings (SSSR count). The van der Waals surface area contributed by atoms with Crippen LogP contribution >= 0.6 is 0 Å². The summed E-state index contributed by atoms with van der Waals surface area (Å²) in [4.78, 5) is 2.16. The van der Waals surface area contributed by atoms with Crippen molar-refractivity contribution < 1.29 is 4.74 Å². The number of nitrogens with zero attached hydrogens (tertiary/aromatic N) is 2. The molecule has 0 fully saturated rings. The number of para-hydroxylation sites is 1. The topological polar surface area (TPSA) is 62.3 Å². The zero-order valence-corrected chi connectivity index (χ0v) is 12.1. The molecule has 0 saturated carbocycles. The normalized spacial score (nSPS) is 9.90. The molecule has 0 radical (unpaired) electrons. The first-order valence-electron chi connectivity index (χ1n) is 6.83. The number of nitrogens with two attached hydrogens (primary N) is 1. The summed E-state index contributed by atoms with van der Waals surface area (Å²) in [5.41, 5.74) is 8.73. The highest BCUT2D eigenvalue weighted by atomic mass is 16.5. The predicted octanol–water partition coefficient (Wildman–Crippen LogP) is 3.20. The van der Waals surface area contributed by atoms with Crippen LogP contribution in [0.2, 0.25) is 0 Å². The molecule has 0 bridgehead atoms. The van der Waals surface area contributed by atoms with Gasteiger partial charge in [0, 0.05) is 30.5 Å². The summed E-state index contributed by atoms with van der Waals surface area (Å²) in [6.07, 6.45) is 0.481. The van der Waals surface area contributed by atoms with Crippen molar-refractivity contribution in [1.29, 1.82) is 5.26 Å². The molecule has 4 heteroatoms. The second kappa shape index (κ2) is 7.20. The number of ether oxygens (including phenoxy) is 1. The van der Waals surface area contributed by atoms with Gasteiger partial charge in [0.25, 0.3) is 0 Å². The zero-order chi connectivity index (χ0) is 15.1. The van der Waals surface area contributed by atoms with Gasteiger partial charge in [0.2, 0.25) is 0 Å². The first-order chi connectivity index (χ1) is 10.2. The molecule has 0 aliphatic heterocycles. The lowest BCUT2D eigenvalue weighted by atomic mass is 10.1. The SMILES string of the molecule is COc1cc(N)cc(CN(CCC#N)c2ccccc2)c1. The Balaban J connectivity index is 2.23. The molecule has 0 atom stereocenters. The summed E-state index contributed by atoms with van der Waals surface area (Å²) in [6, 6.07) is 18.0. The summed E-state index contributed by atoms with van der Waals surface area (Å²) in [5.74, 6) is 0.748. The number of benzene rings is 2. The highest BCUT2D eigenvalue weighted by molar-refractivity contribution is 5.51. The summed E-state index contributed by atoms with van der Waals surface area (Å²) in [7, 11) is 1.63. The molecule has 0 unspecified atom stereocenters. The minimum atomic E-state index is 0.481. The van der Waals surface area contributed by atoms with E-state index in [1.165, 1.54) is 0 Å². The standard InChI is InChI=1S/C17H19N3O/c1-21-17-11-14(10-15(19)12-17)13-20(9-5-8-18)16-6-3-2-4-7-16/h2-4,6-7,10-12H,5,9,13,19H2,1H3. The van der Waals surface area contributed by atoms with Gasteiger partial charge in [-0.2, -0.15) is 5.26 Å². The molecular formula is C17H19N3O. The zero-order valence-electron chi connectivity index (χ0n) is 12.1. The summed E-state index contributed by atoms with van der Waals surface area (Å²) >= 11 is 0. The van der Waals surface area contributed by atoms with Crippen LogP contribution < -0.4 is 15.4 Å². The Kier molecular flexibility index (Phi) is 5.05. The van der Waals surface area contributed by atoms with Gasteiger partial charge in [0.15, 0.2) is 0 Å². The maximum absolute atomic E-state index is 8.84. The predicted molar refractivity (Wildman–Crippen MR) is 85.1 cm³/mol. The van der Waals surface area contributed by atoms with E-state index in [1.54, 1.807) is 13.2 Å². The lowest BCUT2D eigenvalue weighted by Crippen LogP contribution is -2.23. The average Bonchev–Trinajstić information content (AvgIpc) is 2.51. The highest BCUT2D eigenvalue weighted by Crippen LogP contribution is 2.22. The molecule has 21 heavy (non-hydrogen) atoms. The number of rotatable bonds is 6. The van der Waals surface area contributed by atoms with Gasteiger partial charge in [0.05, 0.1) is 19.6 Å². The Morgan fingerprint density at radius 1 is 1.19 bits per heavy atom. The molecular weight excluding hydrogens is 262 g/mol. The van der Waals surface area contributed by atoms with Gasteiger partial charge < -0.3 is 15.4 Å². The van der Waals surface area contributed by atoms with E-state index < -0.39 is 0 Å². The number of anilines is 2. The van der Waals surface area contributed by atoms with Crippen molar-refractivity contribution in [3.8, 4) is 11.8 Å². The van der Waals surface area contributed by atoms with E-state index in [0.29, 0.717) is 25.2 Å². The number of hydrogen-bond acceptors (Lipinski definition) is 4. The highest BCUT2D eigenvalue weighted by Gasteiger charge is 2.08. The van der Waals surface area contributed by atoms with Crippen LogP contribution in [0.5, 0.6) is 5.75 Å². The number of methoxy groups -OCH3 is 1. The molecule has 0 spiro atoms. The number of hydrogen-bond donors (Lipinski definition) is 1. The van der Waals surface area contributed by atoms with Gasteiger partial charge in [-0.3, -0.25) is 0 Å². The summed E-state index contributed by atoms with van der Waals surface area (Å²) in [6.45, 7) is 1.37. The first kappa shape index (κ1) is 14.7. The molecule has 0 aromatic heterocycles. The van der Waals surface area contributed by atoms with Crippen molar-refractivity contribution in [1.82, 2.24) is 0 Å². The Labute approximate surface area is 125 Å². The van der Waals surface area contributed by atoms with Gasteiger partial charge in [-0.25, -0.2) is 0 Å². The molecule has 2 N–H and O–H groups in total. The van der Waals surface area contributed by atoms with Gasteiger partial charge in [-0.15, -0.1) is 0 Å². The van der Waals surface area contributed by atoms with Gasteiger partial charge in [-0.1, -0.05) is 18.2 Å². The molecule has 108 valence electrons. The third kappa shape index (κ3) is 4.15. The first-order valence-corrected chi connectivity index (χ1v) is 6.83. The second-order valence-corrected chi connectivity index (χ2v) is 4.78. The van der Waals surface area contributed by atoms with Crippen LogP contribution in [0.25, 0.3) is 0 Å². The Morgan fingerprint density at radius 3 is 2.62 bits per heavy atom. The Hall–Kier alpha value is -2.67. The lowest BCUT2D eigenvalue weighted by Gasteiger charge is -2.24. The molecule has 2 aromatic rings. The van der Waals surface area contributed by atoms with Crippen LogP contribution in [-0.2, 0) is 6.54 Å². The van der Waals surface area contributed by atoms with Crippen molar-refractivity contribution in [3.05, 3.63) is 54.1 Å². The van der Waals surface area contributed by atoms with Crippen molar-refractivity contribution in [2.45, 2.75) is 13.0 Å². The molecule has 2 aromatic carbocycles. The van der Waals surface area contributed by atoms with Gasteiger partial charge >= 0.3 is 0 Å². The fourth-order valence-electron chi connectivity index (χ4n) is 2.24. The summed E-state index contributed by atoms with van der Waals surface area (Å²) in [5, 5.41) is 8.84. The molecule has 0 saturated heterocycles. The van der Waals surface area contributed by atoms with Crippen LogP contribution in [-0.4, -0.2) is 13.7 Å². The monoisotopic (exact) mass is 281 g/mol. The van der Waals surface area contributed by atoms with E-state index in [-0.39, 0.29) is 0 Å². The maximum atomic E-state index is 8.84. The van der Waals surface area contributed by atoms with Crippen molar-refractivity contribution in [2.75, 3.05) is 24.3 Å². The third-order valence-electron chi connectivity index (χ3n) is 3.21. The van der Waals surface area contributed by atoms with E-state index in [9.17, 15) is 0 Å². The van der Waals surface area contributed by atoms with Crippen molar-refractivity contribution in [3.63, 3.8) is 0 Å².